The largest absolute Gasteiger partial charge is 0.327 e. The van der Waals surface area contributed by atoms with Crippen molar-refractivity contribution >= 4 is 18.5 Å². The standard InChI is InChI=1S/C11H17O3PS/c1-3-12-15(16,13-4-2)14-10-11-8-6-5-7-9-11/h5-9H,3-4,10H2,1-2H3. The molecule has 0 radical (unpaired) electrons. The molecule has 0 aromatic heterocycles. The van der Waals surface area contributed by atoms with Crippen LogP contribution in [0.15, 0.2) is 30.3 Å². The van der Waals surface area contributed by atoms with Crippen LogP contribution < -0.4 is 0 Å². The summed E-state index contributed by atoms with van der Waals surface area (Å²) in [5, 5.41) is 0. The van der Waals surface area contributed by atoms with E-state index in [-0.39, 0.29) is 0 Å². The quantitative estimate of drug-likeness (QED) is 0.701. The molecule has 0 amide bonds. The summed E-state index contributed by atoms with van der Waals surface area (Å²) in [6, 6.07) is 9.85. The van der Waals surface area contributed by atoms with E-state index in [0.29, 0.717) is 19.8 Å². The Morgan fingerprint density at radius 1 is 1.00 bits per heavy atom. The van der Waals surface area contributed by atoms with Crippen LogP contribution in [0, 0.1) is 0 Å². The summed E-state index contributed by atoms with van der Waals surface area (Å²) in [7, 11) is 0. The van der Waals surface area contributed by atoms with Gasteiger partial charge in [0.2, 0.25) is 0 Å². The van der Waals surface area contributed by atoms with Crippen molar-refractivity contribution in [2.75, 3.05) is 13.2 Å². The molecular weight excluding hydrogens is 243 g/mol. The van der Waals surface area contributed by atoms with Crippen molar-refractivity contribution in [3.05, 3.63) is 35.9 Å². The first-order chi connectivity index (χ1) is 7.70. The summed E-state index contributed by atoms with van der Waals surface area (Å²) in [5.41, 5.74) is 1.07. The van der Waals surface area contributed by atoms with E-state index >= 15 is 0 Å². The second kappa shape index (κ2) is 7.15. The van der Waals surface area contributed by atoms with Gasteiger partial charge in [0.25, 0.3) is 0 Å². The third kappa shape index (κ3) is 4.73. The molecule has 0 heterocycles. The maximum absolute atomic E-state index is 5.58. The van der Waals surface area contributed by atoms with Crippen LogP contribution in [0.25, 0.3) is 0 Å². The molecular formula is C11H17O3PS. The molecule has 5 heteroatoms. The van der Waals surface area contributed by atoms with E-state index in [1.807, 2.05) is 44.2 Å². The summed E-state index contributed by atoms with van der Waals surface area (Å²) in [6.45, 7) is 2.65. The molecule has 0 atom stereocenters. The summed E-state index contributed by atoms with van der Waals surface area (Å²) in [4.78, 5) is 0. The van der Waals surface area contributed by atoms with Gasteiger partial charge in [0, 0.05) is 0 Å². The Labute approximate surface area is 102 Å². The topological polar surface area (TPSA) is 27.7 Å². The van der Waals surface area contributed by atoms with E-state index in [2.05, 4.69) is 0 Å². The normalized spacial score (nSPS) is 11.6. The Bertz CT molecular complexity index is 332. The fourth-order valence-electron chi connectivity index (χ4n) is 1.16. The Morgan fingerprint density at radius 2 is 1.56 bits per heavy atom. The van der Waals surface area contributed by atoms with Crippen LogP contribution in [0.4, 0.5) is 0 Å². The molecule has 1 aromatic carbocycles. The highest BCUT2D eigenvalue weighted by atomic mass is 32.5. The minimum absolute atomic E-state index is 0.429. The molecule has 0 N–H and O–H groups in total. The lowest BCUT2D eigenvalue weighted by Gasteiger charge is -2.20. The van der Waals surface area contributed by atoms with Crippen molar-refractivity contribution in [3.8, 4) is 0 Å². The van der Waals surface area contributed by atoms with Gasteiger partial charge in [-0.15, -0.1) is 0 Å². The minimum Gasteiger partial charge on any atom is -0.309 e. The van der Waals surface area contributed by atoms with Crippen LogP contribution in [0.1, 0.15) is 19.4 Å². The second-order valence-electron chi connectivity index (χ2n) is 3.04. The highest BCUT2D eigenvalue weighted by Crippen LogP contribution is 2.50. The van der Waals surface area contributed by atoms with E-state index in [9.17, 15) is 0 Å². The number of benzene rings is 1. The van der Waals surface area contributed by atoms with Gasteiger partial charge in [0.15, 0.2) is 0 Å². The van der Waals surface area contributed by atoms with Gasteiger partial charge in [-0.1, -0.05) is 30.3 Å². The SMILES string of the molecule is CCOP(=S)(OCC)OCc1ccccc1. The van der Waals surface area contributed by atoms with E-state index in [4.69, 9.17) is 25.4 Å². The van der Waals surface area contributed by atoms with Gasteiger partial charge in [-0.05, 0) is 31.2 Å². The molecule has 0 spiro atoms. The second-order valence-corrected chi connectivity index (χ2v) is 6.05. The molecule has 0 aliphatic carbocycles. The predicted octanol–water partition coefficient (Wildman–Crippen LogP) is 3.50. The highest BCUT2D eigenvalue weighted by molar-refractivity contribution is 8.07. The van der Waals surface area contributed by atoms with Crippen LogP contribution in [-0.2, 0) is 32.0 Å². The fourth-order valence-corrected chi connectivity index (χ4v) is 3.11. The Kier molecular flexibility index (Phi) is 6.17. The van der Waals surface area contributed by atoms with Crippen molar-refractivity contribution in [1.82, 2.24) is 0 Å². The Morgan fingerprint density at radius 3 is 2.06 bits per heavy atom. The summed E-state index contributed by atoms with van der Waals surface area (Å²) >= 11 is 5.24. The van der Waals surface area contributed by atoms with Crippen molar-refractivity contribution < 1.29 is 13.6 Å². The predicted molar refractivity (Wildman–Crippen MR) is 68.8 cm³/mol. The van der Waals surface area contributed by atoms with E-state index in [1.54, 1.807) is 0 Å². The van der Waals surface area contributed by atoms with E-state index in [1.165, 1.54) is 0 Å². The van der Waals surface area contributed by atoms with Gasteiger partial charge in [0.05, 0.1) is 19.8 Å². The molecule has 0 saturated heterocycles. The maximum atomic E-state index is 5.58. The zero-order valence-corrected chi connectivity index (χ0v) is 11.3. The molecule has 0 aliphatic rings. The third-order valence-electron chi connectivity index (χ3n) is 1.81. The first-order valence-corrected chi connectivity index (χ1v) is 7.83. The molecule has 0 saturated carbocycles. The molecule has 16 heavy (non-hydrogen) atoms. The molecule has 0 aliphatic heterocycles. The van der Waals surface area contributed by atoms with Gasteiger partial charge in [0.1, 0.15) is 0 Å². The lowest BCUT2D eigenvalue weighted by Crippen LogP contribution is -2.00. The molecule has 1 aromatic rings. The molecule has 1 rings (SSSR count). The first-order valence-electron chi connectivity index (χ1n) is 5.27. The molecule has 90 valence electrons. The van der Waals surface area contributed by atoms with E-state index < -0.39 is 6.72 Å². The zero-order valence-electron chi connectivity index (χ0n) is 9.59. The van der Waals surface area contributed by atoms with Crippen LogP contribution in [0.5, 0.6) is 0 Å². The molecule has 0 unspecified atom stereocenters. The summed E-state index contributed by atoms with van der Waals surface area (Å²) in [5.74, 6) is 0. The lowest BCUT2D eigenvalue weighted by atomic mass is 10.2. The van der Waals surface area contributed by atoms with Gasteiger partial charge in [-0.2, -0.15) is 0 Å². The Hall–Kier alpha value is -0.250. The maximum Gasteiger partial charge on any atom is 0.327 e. The van der Waals surface area contributed by atoms with Gasteiger partial charge in [-0.25, -0.2) is 0 Å². The number of hydrogen-bond acceptors (Lipinski definition) is 4. The van der Waals surface area contributed by atoms with E-state index in [0.717, 1.165) is 5.56 Å². The summed E-state index contributed by atoms with van der Waals surface area (Å²) in [6.07, 6.45) is 0. The van der Waals surface area contributed by atoms with Crippen molar-refractivity contribution in [2.24, 2.45) is 0 Å². The molecule has 0 bridgehead atoms. The van der Waals surface area contributed by atoms with Crippen molar-refractivity contribution in [2.45, 2.75) is 20.5 Å². The van der Waals surface area contributed by atoms with Crippen LogP contribution in [0.3, 0.4) is 0 Å². The zero-order chi connectivity index (χ0) is 11.9. The van der Waals surface area contributed by atoms with Crippen molar-refractivity contribution in [1.29, 1.82) is 0 Å². The average Bonchev–Trinajstić information content (AvgIpc) is 2.29. The first kappa shape index (κ1) is 13.8. The van der Waals surface area contributed by atoms with Crippen LogP contribution in [-0.4, -0.2) is 13.2 Å². The van der Waals surface area contributed by atoms with Crippen molar-refractivity contribution in [3.63, 3.8) is 0 Å². The minimum atomic E-state index is -2.55. The molecule has 0 fully saturated rings. The highest BCUT2D eigenvalue weighted by Gasteiger charge is 2.18. The smallest absolute Gasteiger partial charge is 0.309 e. The number of rotatable bonds is 7. The monoisotopic (exact) mass is 260 g/mol. The lowest BCUT2D eigenvalue weighted by molar-refractivity contribution is 0.161. The van der Waals surface area contributed by atoms with Crippen LogP contribution >= 0.6 is 6.72 Å². The average molecular weight is 260 g/mol. The van der Waals surface area contributed by atoms with Crippen LogP contribution in [0.2, 0.25) is 0 Å². The van der Waals surface area contributed by atoms with Gasteiger partial charge < -0.3 is 13.6 Å². The van der Waals surface area contributed by atoms with Gasteiger partial charge >= 0.3 is 6.72 Å². The Balaban J connectivity index is 2.53. The van der Waals surface area contributed by atoms with Gasteiger partial charge in [-0.3, -0.25) is 0 Å². The fraction of sp³-hybridized carbons (Fsp3) is 0.455. The summed E-state index contributed by atoms with van der Waals surface area (Å²) < 4.78 is 16.3. The number of hydrogen-bond donors (Lipinski definition) is 0. The molecule has 3 nitrogen and oxygen atoms in total. The third-order valence-corrected chi connectivity index (χ3v) is 4.35.